The largest absolute Gasteiger partial charge is 0.477 e. The van der Waals surface area contributed by atoms with Gasteiger partial charge in [0.15, 0.2) is 0 Å². The van der Waals surface area contributed by atoms with Crippen molar-refractivity contribution in [3.05, 3.63) is 51.7 Å². The number of rotatable bonds is 4. The fraction of sp³-hybridized carbons (Fsp3) is 0.0833. The summed E-state index contributed by atoms with van der Waals surface area (Å²) in [6.07, 6.45) is 0. The molecule has 2 aromatic rings. The van der Waals surface area contributed by atoms with Crippen molar-refractivity contribution in [2.75, 3.05) is 0 Å². The highest BCUT2D eigenvalue weighted by molar-refractivity contribution is 7.84. The number of carboxylic acids is 1. The zero-order valence-corrected chi connectivity index (χ0v) is 11.1. The van der Waals surface area contributed by atoms with E-state index >= 15 is 0 Å². The van der Waals surface area contributed by atoms with Crippen molar-refractivity contribution >= 4 is 28.1 Å². The highest BCUT2D eigenvalue weighted by atomic mass is 32.2. The highest BCUT2D eigenvalue weighted by Crippen LogP contribution is 2.22. The van der Waals surface area contributed by atoms with Crippen molar-refractivity contribution < 1.29 is 22.9 Å². The summed E-state index contributed by atoms with van der Waals surface area (Å²) in [5.41, 5.74) is 0.375. The van der Waals surface area contributed by atoms with E-state index in [1.807, 2.05) is 0 Å². The maximum absolute atomic E-state index is 13.4. The molecular weight excluding hydrogens is 294 g/mol. The molecule has 0 aliphatic carbocycles. The first-order valence-corrected chi connectivity index (χ1v) is 7.32. The molecular formula is C12H8F2O3S2. The number of carbonyl (C=O) groups is 1. The topological polar surface area (TPSA) is 54.4 Å². The molecule has 2 rings (SSSR count). The van der Waals surface area contributed by atoms with Crippen LogP contribution in [0.3, 0.4) is 0 Å². The van der Waals surface area contributed by atoms with E-state index in [1.165, 1.54) is 6.07 Å². The van der Waals surface area contributed by atoms with Crippen LogP contribution in [-0.2, 0) is 16.6 Å². The van der Waals surface area contributed by atoms with Crippen LogP contribution in [-0.4, -0.2) is 15.3 Å². The van der Waals surface area contributed by atoms with Crippen molar-refractivity contribution in [1.29, 1.82) is 0 Å². The Morgan fingerprint density at radius 1 is 1.32 bits per heavy atom. The monoisotopic (exact) mass is 302 g/mol. The van der Waals surface area contributed by atoms with Crippen molar-refractivity contribution in [3.63, 3.8) is 0 Å². The van der Waals surface area contributed by atoms with E-state index in [1.54, 1.807) is 5.38 Å². The molecule has 19 heavy (non-hydrogen) atoms. The fourth-order valence-corrected chi connectivity index (χ4v) is 3.54. The van der Waals surface area contributed by atoms with Gasteiger partial charge in [-0.2, -0.15) is 0 Å². The Bertz CT molecular complexity index is 652. The maximum atomic E-state index is 13.4. The average molecular weight is 302 g/mol. The van der Waals surface area contributed by atoms with Gasteiger partial charge in [0.1, 0.15) is 16.5 Å². The van der Waals surface area contributed by atoms with Crippen molar-refractivity contribution in [2.24, 2.45) is 0 Å². The standard InChI is InChI=1S/C12H8F2O3S2/c13-8-1-2-10(9(14)5-8)19(17)6-7-3-4-18-11(7)12(15)16/h1-5H,6H2,(H,15,16). The summed E-state index contributed by atoms with van der Waals surface area (Å²) in [6, 6.07) is 4.31. The van der Waals surface area contributed by atoms with Gasteiger partial charge < -0.3 is 5.11 Å². The van der Waals surface area contributed by atoms with Crippen LogP contribution in [0.4, 0.5) is 8.78 Å². The van der Waals surface area contributed by atoms with E-state index in [4.69, 9.17) is 5.11 Å². The van der Waals surface area contributed by atoms with Gasteiger partial charge in [-0.25, -0.2) is 13.6 Å². The summed E-state index contributed by atoms with van der Waals surface area (Å²) >= 11 is 1.01. The summed E-state index contributed by atoms with van der Waals surface area (Å²) in [4.78, 5) is 10.8. The Hall–Kier alpha value is -1.60. The van der Waals surface area contributed by atoms with Gasteiger partial charge in [0.2, 0.25) is 0 Å². The summed E-state index contributed by atoms with van der Waals surface area (Å²) in [7, 11) is -1.76. The van der Waals surface area contributed by atoms with Crippen LogP contribution in [0, 0.1) is 11.6 Å². The molecule has 0 spiro atoms. The smallest absolute Gasteiger partial charge is 0.346 e. The summed E-state index contributed by atoms with van der Waals surface area (Å²) in [5.74, 6) is -2.87. The Labute approximate surface area is 114 Å². The van der Waals surface area contributed by atoms with Crippen LogP contribution < -0.4 is 0 Å². The van der Waals surface area contributed by atoms with Crippen LogP contribution >= 0.6 is 11.3 Å². The molecule has 0 fully saturated rings. The van der Waals surface area contributed by atoms with Crippen molar-refractivity contribution in [1.82, 2.24) is 0 Å². The van der Waals surface area contributed by atoms with Gasteiger partial charge >= 0.3 is 5.97 Å². The number of benzene rings is 1. The molecule has 7 heteroatoms. The molecule has 0 bridgehead atoms. The third-order valence-electron chi connectivity index (χ3n) is 2.37. The number of hydrogen-bond donors (Lipinski definition) is 1. The lowest BCUT2D eigenvalue weighted by molar-refractivity contribution is 0.0701. The number of carboxylic acid groups (broad SMARTS) is 1. The highest BCUT2D eigenvalue weighted by Gasteiger charge is 2.17. The number of halogens is 2. The third kappa shape index (κ3) is 3.05. The van der Waals surface area contributed by atoms with Gasteiger partial charge in [-0.1, -0.05) is 0 Å². The number of aromatic carboxylic acids is 1. The van der Waals surface area contributed by atoms with Crippen LogP contribution in [0.2, 0.25) is 0 Å². The zero-order chi connectivity index (χ0) is 14.0. The SMILES string of the molecule is O=C(O)c1sccc1CS(=O)c1ccc(F)cc1F. The van der Waals surface area contributed by atoms with E-state index in [2.05, 4.69) is 0 Å². The van der Waals surface area contributed by atoms with E-state index in [0.29, 0.717) is 11.6 Å². The Balaban J connectivity index is 2.26. The molecule has 1 aromatic heterocycles. The lowest BCUT2D eigenvalue weighted by Gasteiger charge is -2.04. The minimum absolute atomic E-state index is 0.0795. The molecule has 1 atom stereocenters. The predicted molar refractivity (Wildman–Crippen MR) is 67.7 cm³/mol. The molecule has 100 valence electrons. The van der Waals surface area contributed by atoms with Crippen molar-refractivity contribution in [2.45, 2.75) is 10.6 Å². The summed E-state index contributed by atoms with van der Waals surface area (Å²) < 4.78 is 38.2. The first-order chi connectivity index (χ1) is 8.99. The Morgan fingerprint density at radius 3 is 2.68 bits per heavy atom. The summed E-state index contributed by atoms with van der Waals surface area (Å²) in [5, 5.41) is 10.5. The van der Waals surface area contributed by atoms with Gasteiger partial charge in [0.05, 0.1) is 21.4 Å². The van der Waals surface area contributed by atoms with Crippen molar-refractivity contribution in [3.8, 4) is 0 Å². The molecule has 0 saturated heterocycles. The molecule has 1 aromatic carbocycles. The first kappa shape index (κ1) is 13.8. The van der Waals surface area contributed by atoms with Gasteiger partial charge in [-0.3, -0.25) is 4.21 Å². The molecule has 0 aliphatic rings. The third-order valence-corrected chi connectivity index (χ3v) is 4.71. The second kappa shape index (κ2) is 5.58. The maximum Gasteiger partial charge on any atom is 0.346 e. The molecule has 3 nitrogen and oxygen atoms in total. The molecule has 0 radical (unpaired) electrons. The minimum atomic E-state index is -1.76. The fourth-order valence-electron chi connectivity index (χ4n) is 1.52. The quantitative estimate of drug-likeness (QED) is 0.944. The van der Waals surface area contributed by atoms with E-state index in [0.717, 1.165) is 23.5 Å². The molecule has 1 heterocycles. The molecule has 0 aliphatic heterocycles. The summed E-state index contributed by atoms with van der Waals surface area (Å²) in [6.45, 7) is 0. The van der Waals surface area contributed by atoms with E-state index in [-0.39, 0.29) is 15.5 Å². The molecule has 1 unspecified atom stereocenters. The number of thiophene rings is 1. The van der Waals surface area contributed by atoms with Gasteiger partial charge in [-0.15, -0.1) is 11.3 Å². The second-order valence-electron chi connectivity index (χ2n) is 3.64. The Morgan fingerprint density at radius 2 is 2.05 bits per heavy atom. The minimum Gasteiger partial charge on any atom is -0.477 e. The van der Waals surface area contributed by atoms with Gasteiger partial charge in [0, 0.05) is 6.07 Å². The number of hydrogen-bond acceptors (Lipinski definition) is 3. The lowest BCUT2D eigenvalue weighted by atomic mass is 10.3. The average Bonchev–Trinajstić information content (AvgIpc) is 2.76. The first-order valence-electron chi connectivity index (χ1n) is 5.12. The van der Waals surface area contributed by atoms with Gasteiger partial charge in [-0.05, 0) is 29.1 Å². The molecule has 0 saturated carbocycles. The van der Waals surface area contributed by atoms with Crippen LogP contribution in [0.5, 0.6) is 0 Å². The van der Waals surface area contributed by atoms with E-state index < -0.39 is 28.4 Å². The van der Waals surface area contributed by atoms with Crippen LogP contribution in [0.25, 0.3) is 0 Å². The molecule has 0 amide bonds. The normalized spacial score (nSPS) is 12.3. The van der Waals surface area contributed by atoms with Crippen LogP contribution in [0.15, 0.2) is 34.5 Å². The lowest BCUT2D eigenvalue weighted by Crippen LogP contribution is -2.03. The molecule has 1 N–H and O–H groups in total. The van der Waals surface area contributed by atoms with Gasteiger partial charge in [0.25, 0.3) is 0 Å². The van der Waals surface area contributed by atoms with E-state index in [9.17, 15) is 17.8 Å². The Kier molecular flexibility index (Phi) is 4.06. The predicted octanol–water partition coefficient (Wildman–Crippen LogP) is 3.03. The second-order valence-corrected chi connectivity index (χ2v) is 5.98. The van der Waals surface area contributed by atoms with Crippen LogP contribution in [0.1, 0.15) is 15.2 Å². The zero-order valence-electron chi connectivity index (χ0n) is 9.43.